The Bertz CT molecular complexity index is 895. The summed E-state index contributed by atoms with van der Waals surface area (Å²) < 4.78 is 33.1. The lowest BCUT2D eigenvalue weighted by Crippen LogP contribution is -2.47. The van der Waals surface area contributed by atoms with E-state index in [0.717, 1.165) is 0 Å². The number of hydrogen-bond acceptors (Lipinski definition) is 4. The fourth-order valence-corrected chi connectivity index (χ4v) is 4.46. The van der Waals surface area contributed by atoms with Crippen LogP contribution in [0.1, 0.15) is 19.8 Å². The van der Waals surface area contributed by atoms with Crippen molar-refractivity contribution in [2.45, 2.75) is 30.7 Å². The maximum absolute atomic E-state index is 12.6. The van der Waals surface area contributed by atoms with E-state index in [1.54, 1.807) is 41.3 Å². The molecule has 0 atom stereocenters. The molecule has 2 aromatic carbocycles. The molecule has 2 aromatic rings. The van der Waals surface area contributed by atoms with Gasteiger partial charge in [0.15, 0.2) is 0 Å². The SMILES string of the molecule is CCOc1ccccc1NC(=O)N1CCC(NS(=O)(=O)c2ccccc2)CC1. The smallest absolute Gasteiger partial charge is 0.321 e. The molecule has 1 saturated heterocycles. The van der Waals surface area contributed by atoms with Crippen molar-refractivity contribution in [3.05, 3.63) is 54.6 Å². The van der Waals surface area contributed by atoms with E-state index < -0.39 is 10.0 Å². The number of nitrogens with one attached hydrogen (secondary N) is 2. The summed E-state index contributed by atoms with van der Waals surface area (Å²) in [6.45, 7) is 3.36. The Kier molecular flexibility index (Phi) is 6.53. The summed E-state index contributed by atoms with van der Waals surface area (Å²) in [4.78, 5) is 14.5. The summed E-state index contributed by atoms with van der Waals surface area (Å²) in [5.74, 6) is 0.629. The van der Waals surface area contributed by atoms with Gasteiger partial charge in [0, 0.05) is 19.1 Å². The Morgan fingerprint density at radius 3 is 2.39 bits per heavy atom. The Morgan fingerprint density at radius 2 is 1.71 bits per heavy atom. The number of para-hydroxylation sites is 2. The lowest BCUT2D eigenvalue weighted by Gasteiger charge is -2.32. The number of carbonyl (C=O) groups is 1. The van der Waals surface area contributed by atoms with Gasteiger partial charge in [-0.2, -0.15) is 0 Å². The van der Waals surface area contributed by atoms with Gasteiger partial charge in [0.25, 0.3) is 0 Å². The zero-order chi connectivity index (χ0) is 20.0. The summed E-state index contributed by atoms with van der Waals surface area (Å²) in [5.41, 5.74) is 0.626. The number of rotatable bonds is 6. The quantitative estimate of drug-likeness (QED) is 0.776. The highest BCUT2D eigenvalue weighted by atomic mass is 32.2. The fraction of sp³-hybridized carbons (Fsp3) is 0.350. The minimum Gasteiger partial charge on any atom is -0.492 e. The Balaban J connectivity index is 1.55. The van der Waals surface area contributed by atoms with E-state index in [1.807, 2.05) is 25.1 Å². The van der Waals surface area contributed by atoms with Gasteiger partial charge in [-0.25, -0.2) is 17.9 Å². The molecule has 0 radical (unpaired) electrons. The summed E-state index contributed by atoms with van der Waals surface area (Å²) >= 11 is 0. The molecule has 28 heavy (non-hydrogen) atoms. The predicted molar refractivity (Wildman–Crippen MR) is 108 cm³/mol. The van der Waals surface area contributed by atoms with Crippen LogP contribution in [0.5, 0.6) is 5.75 Å². The molecular weight excluding hydrogens is 378 g/mol. The summed E-state index contributed by atoms with van der Waals surface area (Å²) in [6.07, 6.45) is 1.12. The van der Waals surface area contributed by atoms with Crippen molar-refractivity contribution in [3.63, 3.8) is 0 Å². The molecule has 0 spiro atoms. The van der Waals surface area contributed by atoms with Gasteiger partial charge in [-0.15, -0.1) is 0 Å². The number of likely N-dealkylation sites (tertiary alicyclic amines) is 1. The molecule has 3 rings (SSSR count). The molecule has 8 heteroatoms. The molecule has 0 bridgehead atoms. The largest absolute Gasteiger partial charge is 0.492 e. The highest BCUT2D eigenvalue weighted by molar-refractivity contribution is 7.89. The number of carbonyl (C=O) groups excluding carboxylic acids is 1. The molecule has 0 aromatic heterocycles. The molecule has 1 aliphatic rings. The Hall–Kier alpha value is -2.58. The van der Waals surface area contributed by atoms with Crippen molar-refractivity contribution in [3.8, 4) is 5.75 Å². The summed E-state index contributed by atoms with van der Waals surface area (Å²) in [5, 5.41) is 2.88. The van der Waals surface area contributed by atoms with Crippen LogP contribution in [0.25, 0.3) is 0 Å². The molecule has 2 amide bonds. The van der Waals surface area contributed by atoms with Gasteiger partial charge in [0.1, 0.15) is 5.75 Å². The van der Waals surface area contributed by atoms with Crippen molar-refractivity contribution in [1.82, 2.24) is 9.62 Å². The molecule has 0 aliphatic carbocycles. The number of nitrogens with zero attached hydrogens (tertiary/aromatic N) is 1. The van der Waals surface area contributed by atoms with E-state index in [-0.39, 0.29) is 17.0 Å². The van der Waals surface area contributed by atoms with Crippen LogP contribution < -0.4 is 14.8 Å². The first-order valence-electron chi connectivity index (χ1n) is 9.34. The van der Waals surface area contributed by atoms with Gasteiger partial charge < -0.3 is 15.0 Å². The van der Waals surface area contributed by atoms with E-state index in [4.69, 9.17) is 4.74 Å². The standard InChI is InChI=1S/C20H25N3O4S/c1-2-27-19-11-7-6-10-18(19)21-20(24)23-14-12-16(13-15-23)22-28(25,26)17-8-4-3-5-9-17/h3-11,16,22H,2,12-15H2,1H3,(H,21,24). The van der Waals surface area contributed by atoms with Gasteiger partial charge in [0.05, 0.1) is 17.2 Å². The molecule has 1 heterocycles. The zero-order valence-corrected chi connectivity index (χ0v) is 16.6. The number of amides is 2. The summed E-state index contributed by atoms with van der Waals surface area (Å²) in [6, 6.07) is 15.2. The maximum Gasteiger partial charge on any atom is 0.321 e. The van der Waals surface area contributed by atoms with Gasteiger partial charge in [0.2, 0.25) is 10.0 Å². The van der Waals surface area contributed by atoms with Crippen LogP contribution in [0, 0.1) is 0 Å². The Morgan fingerprint density at radius 1 is 1.07 bits per heavy atom. The maximum atomic E-state index is 12.6. The average Bonchev–Trinajstić information content (AvgIpc) is 2.70. The second-order valence-corrected chi connectivity index (χ2v) is 8.27. The molecule has 150 valence electrons. The number of anilines is 1. The van der Waals surface area contributed by atoms with E-state index >= 15 is 0 Å². The number of piperidine rings is 1. The first-order chi connectivity index (χ1) is 13.5. The molecule has 7 nitrogen and oxygen atoms in total. The first kappa shape index (κ1) is 20.2. The van der Waals surface area contributed by atoms with Gasteiger partial charge in [-0.05, 0) is 44.0 Å². The van der Waals surface area contributed by atoms with E-state index in [0.29, 0.717) is 44.0 Å². The van der Waals surface area contributed by atoms with Crippen LogP contribution in [0.15, 0.2) is 59.5 Å². The number of urea groups is 1. The predicted octanol–water partition coefficient (Wildman–Crippen LogP) is 3.06. The van der Waals surface area contributed by atoms with Crippen LogP contribution >= 0.6 is 0 Å². The molecular formula is C20H25N3O4S. The minimum atomic E-state index is -3.54. The lowest BCUT2D eigenvalue weighted by molar-refractivity contribution is 0.193. The number of benzene rings is 2. The summed E-state index contributed by atoms with van der Waals surface area (Å²) in [7, 11) is -3.54. The van der Waals surface area contributed by atoms with Crippen LogP contribution in [-0.2, 0) is 10.0 Å². The highest BCUT2D eigenvalue weighted by Crippen LogP contribution is 2.24. The van der Waals surface area contributed by atoms with E-state index in [2.05, 4.69) is 10.0 Å². The minimum absolute atomic E-state index is 0.190. The van der Waals surface area contributed by atoms with Crippen LogP contribution in [0.3, 0.4) is 0 Å². The molecule has 2 N–H and O–H groups in total. The third-order valence-corrected chi connectivity index (χ3v) is 6.12. The van der Waals surface area contributed by atoms with Crippen LogP contribution in [0.4, 0.5) is 10.5 Å². The van der Waals surface area contributed by atoms with Gasteiger partial charge in [-0.1, -0.05) is 30.3 Å². The van der Waals surface area contributed by atoms with Crippen molar-refractivity contribution in [2.75, 3.05) is 25.0 Å². The second-order valence-electron chi connectivity index (χ2n) is 6.55. The normalized spacial score (nSPS) is 15.2. The first-order valence-corrected chi connectivity index (χ1v) is 10.8. The lowest BCUT2D eigenvalue weighted by atomic mass is 10.1. The van der Waals surface area contributed by atoms with Gasteiger partial charge >= 0.3 is 6.03 Å². The van der Waals surface area contributed by atoms with E-state index in [9.17, 15) is 13.2 Å². The zero-order valence-electron chi connectivity index (χ0n) is 15.8. The monoisotopic (exact) mass is 403 g/mol. The number of hydrogen-bond donors (Lipinski definition) is 2. The van der Waals surface area contributed by atoms with E-state index in [1.165, 1.54) is 0 Å². The fourth-order valence-electron chi connectivity index (χ4n) is 3.13. The molecule has 0 unspecified atom stereocenters. The van der Waals surface area contributed by atoms with Crippen molar-refractivity contribution in [1.29, 1.82) is 0 Å². The number of ether oxygens (including phenoxy) is 1. The van der Waals surface area contributed by atoms with Crippen LogP contribution in [-0.4, -0.2) is 45.1 Å². The van der Waals surface area contributed by atoms with Gasteiger partial charge in [-0.3, -0.25) is 0 Å². The molecule has 1 fully saturated rings. The van der Waals surface area contributed by atoms with Crippen molar-refractivity contribution < 1.29 is 17.9 Å². The number of sulfonamides is 1. The highest BCUT2D eigenvalue weighted by Gasteiger charge is 2.27. The Labute approximate surface area is 165 Å². The topological polar surface area (TPSA) is 87.7 Å². The average molecular weight is 404 g/mol. The molecule has 1 aliphatic heterocycles. The van der Waals surface area contributed by atoms with Crippen molar-refractivity contribution >= 4 is 21.7 Å². The third kappa shape index (κ3) is 5.02. The van der Waals surface area contributed by atoms with Crippen molar-refractivity contribution in [2.24, 2.45) is 0 Å². The van der Waals surface area contributed by atoms with Crippen LogP contribution in [0.2, 0.25) is 0 Å². The second kappa shape index (κ2) is 9.07. The molecule has 0 saturated carbocycles. The third-order valence-electron chi connectivity index (χ3n) is 4.59.